The summed E-state index contributed by atoms with van der Waals surface area (Å²) in [5.74, 6) is 3.51. The van der Waals surface area contributed by atoms with Crippen LogP contribution in [0.25, 0.3) is 0 Å². The van der Waals surface area contributed by atoms with Crippen LogP contribution in [0.4, 0.5) is 0 Å². The smallest absolute Gasteiger partial charge is 0.0101 e. The first-order valence-corrected chi connectivity index (χ1v) is 4.95. The predicted octanol–water partition coefficient (Wildman–Crippen LogP) is 2.02. The second-order valence-corrected chi connectivity index (χ2v) is 4.73. The van der Waals surface area contributed by atoms with Crippen LogP contribution in [0.15, 0.2) is 0 Å². The molecule has 0 aromatic heterocycles. The molecule has 11 heavy (non-hydrogen) atoms. The summed E-state index contributed by atoms with van der Waals surface area (Å²) in [6.07, 6.45) is 4.31. The van der Waals surface area contributed by atoms with Crippen molar-refractivity contribution in [3.8, 4) is 0 Å². The van der Waals surface area contributed by atoms with Gasteiger partial charge in [0.1, 0.15) is 0 Å². The van der Waals surface area contributed by atoms with Crippen LogP contribution in [-0.2, 0) is 0 Å². The van der Waals surface area contributed by atoms with Crippen molar-refractivity contribution < 1.29 is 0 Å². The first-order chi connectivity index (χ1) is 5.20. The van der Waals surface area contributed by atoms with Gasteiger partial charge in [0.05, 0.1) is 0 Å². The van der Waals surface area contributed by atoms with Crippen LogP contribution in [0.3, 0.4) is 0 Å². The Kier molecular flexibility index (Phi) is 1.71. The van der Waals surface area contributed by atoms with Gasteiger partial charge in [-0.15, -0.1) is 0 Å². The highest BCUT2D eigenvalue weighted by molar-refractivity contribution is 4.99. The summed E-state index contributed by atoms with van der Waals surface area (Å²) in [4.78, 5) is 0. The number of rotatable bonds is 1. The second-order valence-electron chi connectivity index (χ2n) is 4.73. The molecule has 2 rings (SSSR count). The minimum absolute atomic E-state index is 0.536. The quantitative estimate of drug-likeness (QED) is 0.612. The van der Waals surface area contributed by atoms with Crippen molar-refractivity contribution >= 4 is 0 Å². The lowest BCUT2D eigenvalue weighted by molar-refractivity contribution is 0.222. The third kappa shape index (κ3) is 1.01. The molecule has 0 radical (unpaired) electrons. The van der Waals surface area contributed by atoms with Gasteiger partial charge in [0, 0.05) is 6.04 Å². The first kappa shape index (κ1) is 7.60. The standard InChI is InChI=1S/C10H19N/c1-6(2)9-7-3-4-8(5-7)10(9)11/h6-10H,3-5,11H2,1-2H3/t7-,8+,9-,10-/m0/s1. The molecule has 64 valence electrons. The molecular weight excluding hydrogens is 134 g/mol. The van der Waals surface area contributed by atoms with E-state index in [4.69, 9.17) is 5.73 Å². The molecule has 2 fully saturated rings. The minimum atomic E-state index is 0.536. The minimum Gasteiger partial charge on any atom is -0.327 e. The summed E-state index contributed by atoms with van der Waals surface area (Å²) in [5.41, 5.74) is 6.17. The van der Waals surface area contributed by atoms with Gasteiger partial charge in [0.15, 0.2) is 0 Å². The fraction of sp³-hybridized carbons (Fsp3) is 1.00. The van der Waals surface area contributed by atoms with Gasteiger partial charge in [-0.25, -0.2) is 0 Å². The van der Waals surface area contributed by atoms with E-state index in [1.807, 2.05) is 0 Å². The Balaban J connectivity index is 2.11. The van der Waals surface area contributed by atoms with Crippen LogP contribution in [0.1, 0.15) is 33.1 Å². The lowest BCUT2D eigenvalue weighted by Crippen LogP contribution is -2.38. The zero-order valence-electron chi connectivity index (χ0n) is 7.59. The van der Waals surface area contributed by atoms with Gasteiger partial charge in [-0.1, -0.05) is 13.8 Å². The maximum atomic E-state index is 6.17. The van der Waals surface area contributed by atoms with E-state index in [1.54, 1.807) is 0 Å². The number of hydrogen-bond acceptors (Lipinski definition) is 1. The second kappa shape index (κ2) is 2.48. The molecule has 0 aliphatic heterocycles. The van der Waals surface area contributed by atoms with E-state index < -0.39 is 0 Å². The van der Waals surface area contributed by atoms with Crippen molar-refractivity contribution in [2.24, 2.45) is 29.4 Å². The van der Waals surface area contributed by atoms with Crippen molar-refractivity contribution in [3.05, 3.63) is 0 Å². The average Bonchev–Trinajstić information content (AvgIpc) is 2.44. The summed E-state index contributed by atoms with van der Waals surface area (Å²) in [6, 6.07) is 0.536. The van der Waals surface area contributed by atoms with Crippen molar-refractivity contribution in [1.82, 2.24) is 0 Å². The van der Waals surface area contributed by atoms with Crippen molar-refractivity contribution in [3.63, 3.8) is 0 Å². The molecule has 0 amide bonds. The number of hydrogen-bond donors (Lipinski definition) is 1. The molecule has 2 aliphatic rings. The Bertz CT molecular complexity index is 151. The zero-order chi connectivity index (χ0) is 8.01. The number of nitrogens with two attached hydrogens (primary N) is 1. The maximum Gasteiger partial charge on any atom is 0.0101 e. The van der Waals surface area contributed by atoms with Crippen LogP contribution in [0.5, 0.6) is 0 Å². The average molecular weight is 153 g/mol. The molecule has 2 saturated carbocycles. The van der Waals surface area contributed by atoms with E-state index in [0.717, 1.165) is 23.7 Å². The van der Waals surface area contributed by atoms with E-state index >= 15 is 0 Å². The molecule has 0 aromatic carbocycles. The van der Waals surface area contributed by atoms with E-state index in [-0.39, 0.29) is 0 Å². The molecule has 0 spiro atoms. The fourth-order valence-corrected chi connectivity index (χ4v) is 3.37. The summed E-state index contributed by atoms with van der Waals surface area (Å²) in [6.45, 7) is 4.65. The molecule has 0 unspecified atom stereocenters. The van der Waals surface area contributed by atoms with Crippen molar-refractivity contribution in [1.29, 1.82) is 0 Å². The largest absolute Gasteiger partial charge is 0.327 e. The van der Waals surface area contributed by atoms with Gasteiger partial charge >= 0.3 is 0 Å². The van der Waals surface area contributed by atoms with E-state index in [2.05, 4.69) is 13.8 Å². The molecule has 4 atom stereocenters. The Morgan fingerprint density at radius 2 is 1.82 bits per heavy atom. The third-order valence-corrected chi connectivity index (χ3v) is 3.82. The summed E-state index contributed by atoms with van der Waals surface area (Å²) >= 11 is 0. The lowest BCUT2D eigenvalue weighted by Gasteiger charge is -2.31. The molecule has 0 saturated heterocycles. The Hall–Kier alpha value is -0.0400. The van der Waals surface area contributed by atoms with Gasteiger partial charge in [0.2, 0.25) is 0 Å². The lowest BCUT2D eigenvalue weighted by atomic mass is 9.78. The van der Waals surface area contributed by atoms with Crippen molar-refractivity contribution in [2.45, 2.75) is 39.2 Å². The Morgan fingerprint density at radius 3 is 2.18 bits per heavy atom. The Morgan fingerprint density at radius 1 is 1.18 bits per heavy atom. The maximum absolute atomic E-state index is 6.17. The van der Waals surface area contributed by atoms with Gasteiger partial charge < -0.3 is 5.73 Å². The normalized spacial score (nSPS) is 49.1. The van der Waals surface area contributed by atoms with Crippen LogP contribution in [-0.4, -0.2) is 6.04 Å². The monoisotopic (exact) mass is 153 g/mol. The van der Waals surface area contributed by atoms with Crippen LogP contribution >= 0.6 is 0 Å². The molecule has 1 nitrogen and oxygen atoms in total. The molecular formula is C10H19N. The molecule has 1 heteroatoms. The summed E-state index contributed by atoms with van der Waals surface area (Å²) < 4.78 is 0. The molecule has 2 N–H and O–H groups in total. The Labute approximate surface area is 69.4 Å². The number of fused-ring (bicyclic) bond motifs is 2. The first-order valence-electron chi connectivity index (χ1n) is 4.95. The highest BCUT2D eigenvalue weighted by Crippen LogP contribution is 2.50. The molecule has 0 aromatic rings. The zero-order valence-corrected chi connectivity index (χ0v) is 7.59. The predicted molar refractivity (Wildman–Crippen MR) is 47.1 cm³/mol. The van der Waals surface area contributed by atoms with E-state index in [1.165, 1.54) is 19.3 Å². The third-order valence-electron chi connectivity index (χ3n) is 3.82. The fourth-order valence-electron chi connectivity index (χ4n) is 3.37. The molecule has 2 bridgehead atoms. The topological polar surface area (TPSA) is 26.0 Å². The van der Waals surface area contributed by atoms with Crippen LogP contribution < -0.4 is 5.73 Å². The van der Waals surface area contributed by atoms with Gasteiger partial charge in [0.25, 0.3) is 0 Å². The highest BCUT2D eigenvalue weighted by Gasteiger charge is 2.46. The van der Waals surface area contributed by atoms with E-state index in [0.29, 0.717) is 6.04 Å². The van der Waals surface area contributed by atoms with Crippen LogP contribution in [0.2, 0.25) is 0 Å². The van der Waals surface area contributed by atoms with E-state index in [9.17, 15) is 0 Å². The SMILES string of the molecule is CC(C)[C@H]1[C@H]2CC[C@H](C2)[C@@H]1N. The van der Waals surface area contributed by atoms with Crippen LogP contribution in [0, 0.1) is 23.7 Å². The van der Waals surface area contributed by atoms with Gasteiger partial charge in [-0.05, 0) is 42.9 Å². The van der Waals surface area contributed by atoms with Gasteiger partial charge in [-0.3, -0.25) is 0 Å². The highest BCUT2D eigenvalue weighted by atomic mass is 14.7. The van der Waals surface area contributed by atoms with Gasteiger partial charge in [-0.2, -0.15) is 0 Å². The summed E-state index contributed by atoms with van der Waals surface area (Å²) in [5, 5.41) is 0. The molecule has 2 aliphatic carbocycles. The summed E-state index contributed by atoms with van der Waals surface area (Å²) in [7, 11) is 0. The van der Waals surface area contributed by atoms with Crippen molar-refractivity contribution in [2.75, 3.05) is 0 Å². The molecule has 0 heterocycles.